The van der Waals surface area contributed by atoms with Gasteiger partial charge in [0.1, 0.15) is 6.04 Å². The van der Waals surface area contributed by atoms with Gasteiger partial charge in [-0.1, -0.05) is 36.4 Å². The number of aliphatic hydroxyl groups is 1. The van der Waals surface area contributed by atoms with Crippen molar-refractivity contribution in [3.8, 4) is 11.3 Å². The summed E-state index contributed by atoms with van der Waals surface area (Å²) >= 11 is 0. The Kier molecular flexibility index (Phi) is 8.37. The number of β-amino-alcohol motifs (C(OH)–C–C–N with tert-alkyl or cyclic N) is 1. The molecule has 1 saturated heterocycles. The van der Waals surface area contributed by atoms with Crippen LogP contribution in [0.2, 0.25) is 0 Å². The van der Waals surface area contributed by atoms with Crippen molar-refractivity contribution in [3.63, 3.8) is 0 Å². The van der Waals surface area contributed by atoms with E-state index in [1.54, 1.807) is 48.5 Å². The molecular formula is C27H30N6O6. The summed E-state index contributed by atoms with van der Waals surface area (Å²) in [7, 11) is 1.50. The van der Waals surface area contributed by atoms with E-state index in [1.807, 2.05) is 0 Å². The second kappa shape index (κ2) is 11.9. The van der Waals surface area contributed by atoms with Gasteiger partial charge in [-0.15, -0.1) is 0 Å². The topological polar surface area (TPSA) is 194 Å². The summed E-state index contributed by atoms with van der Waals surface area (Å²) in [6.07, 6.45) is 0.646. The van der Waals surface area contributed by atoms with Gasteiger partial charge < -0.3 is 36.5 Å². The lowest BCUT2D eigenvalue weighted by Crippen LogP contribution is -2.51. The molecule has 3 unspecified atom stereocenters. The van der Waals surface area contributed by atoms with Gasteiger partial charge in [0.25, 0.3) is 5.91 Å². The van der Waals surface area contributed by atoms with Crippen molar-refractivity contribution in [1.82, 2.24) is 20.5 Å². The molecule has 0 radical (unpaired) electrons. The van der Waals surface area contributed by atoms with Gasteiger partial charge in [-0.2, -0.15) is 0 Å². The van der Waals surface area contributed by atoms with E-state index in [0.29, 0.717) is 16.9 Å². The predicted molar refractivity (Wildman–Crippen MR) is 140 cm³/mol. The summed E-state index contributed by atoms with van der Waals surface area (Å²) in [6.45, 7) is 0.190. The first-order chi connectivity index (χ1) is 18.7. The molecule has 4 amide bonds. The summed E-state index contributed by atoms with van der Waals surface area (Å²) in [5, 5.41) is 15.5. The number of nitrogens with one attached hydrogen (secondary N) is 2. The first kappa shape index (κ1) is 27.5. The fourth-order valence-electron chi connectivity index (χ4n) is 4.48. The fourth-order valence-corrected chi connectivity index (χ4v) is 4.48. The number of nitrogens with two attached hydrogens (primary N) is 2. The average molecular weight is 535 g/mol. The molecule has 3 atom stereocenters. The molecule has 3 aromatic rings. The summed E-state index contributed by atoms with van der Waals surface area (Å²) in [6, 6.07) is 11.7. The lowest BCUT2D eigenvalue weighted by molar-refractivity contribution is -0.139. The number of amides is 4. The highest BCUT2D eigenvalue weighted by Gasteiger charge is 2.40. The van der Waals surface area contributed by atoms with Crippen LogP contribution in [-0.4, -0.2) is 70.4 Å². The van der Waals surface area contributed by atoms with Gasteiger partial charge in [-0.25, -0.2) is 4.98 Å². The van der Waals surface area contributed by atoms with E-state index in [-0.39, 0.29) is 37.5 Å². The summed E-state index contributed by atoms with van der Waals surface area (Å²) in [5.74, 6) is -1.44. The maximum absolute atomic E-state index is 13.1. The molecule has 12 heteroatoms. The van der Waals surface area contributed by atoms with E-state index >= 15 is 0 Å². The number of hydrogen-bond acceptors (Lipinski definition) is 8. The van der Waals surface area contributed by atoms with E-state index in [4.69, 9.17) is 15.9 Å². The zero-order valence-corrected chi connectivity index (χ0v) is 21.3. The number of carbonyl (C=O) groups excluding carboxylic acids is 4. The normalized spacial score (nSPS) is 17.5. The zero-order chi connectivity index (χ0) is 28.1. The molecule has 12 nitrogen and oxygen atoms in total. The molecule has 4 rings (SSSR count). The van der Waals surface area contributed by atoms with Crippen LogP contribution < -0.4 is 22.1 Å². The second-order valence-electron chi connectivity index (χ2n) is 9.29. The fraction of sp³-hybridized carbons (Fsp3) is 0.296. The van der Waals surface area contributed by atoms with Gasteiger partial charge in [0.2, 0.25) is 17.7 Å². The van der Waals surface area contributed by atoms with E-state index < -0.39 is 35.9 Å². The van der Waals surface area contributed by atoms with Crippen molar-refractivity contribution in [3.05, 3.63) is 77.3 Å². The van der Waals surface area contributed by atoms with Gasteiger partial charge >= 0.3 is 0 Å². The van der Waals surface area contributed by atoms with Crippen LogP contribution >= 0.6 is 0 Å². The Morgan fingerprint density at radius 3 is 2.41 bits per heavy atom. The van der Waals surface area contributed by atoms with Crippen molar-refractivity contribution in [2.24, 2.45) is 11.5 Å². The highest BCUT2D eigenvalue weighted by Crippen LogP contribution is 2.24. The minimum atomic E-state index is -0.937. The molecular weight excluding hydrogens is 504 g/mol. The van der Waals surface area contributed by atoms with E-state index in [9.17, 15) is 24.3 Å². The van der Waals surface area contributed by atoms with Crippen LogP contribution in [0, 0.1) is 0 Å². The van der Waals surface area contributed by atoms with Crippen LogP contribution in [0.15, 0.2) is 59.3 Å². The first-order valence-corrected chi connectivity index (χ1v) is 12.3. The summed E-state index contributed by atoms with van der Waals surface area (Å²) in [4.78, 5) is 54.6. The van der Waals surface area contributed by atoms with Gasteiger partial charge in [0, 0.05) is 37.7 Å². The zero-order valence-electron chi connectivity index (χ0n) is 21.3. The Morgan fingerprint density at radius 2 is 1.77 bits per heavy atom. The van der Waals surface area contributed by atoms with Crippen molar-refractivity contribution in [1.29, 1.82) is 0 Å². The second-order valence-corrected chi connectivity index (χ2v) is 9.29. The summed E-state index contributed by atoms with van der Waals surface area (Å²) in [5.41, 5.74) is 14.1. The van der Waals surface area contributed by atoms with E-state index in [1.165, 1.54) is 18.3 Å². The monoisotopic (exact) mass is 534 g/mol. The molecule has 0 saturated carbocycles. The van der Waals surface area contributed by atoms with Gasteiger partial charge in [-0.05, 0) is 29.7 Å². The number of oxazole rings is 1. The molecule has 1 aromatic heterocycles. The number of aliphatic hydroxyl groups excluding tert-OH is 1. The van der Waals surface area contributed by atoms with E-state index in [2.05, 4.69) is 15.6 Å². The molecule has 0 aliphatic carbocycles. The number of rotatable bonds is 9. The van der Waals surface area contributed by atoms with E-state index in [0.717, 1.165) is 11.1 Å². The average Bonchev–Trinajstić information content (AvgIpc) is 3.58. The molecule has 2 aromatic carbocycles. The first-order valence-electron chi connectivity index (χ1n) is 12.3. The number of primary amides is 1. The van der Waals surface area contributed by atoms with Crippen molar-refractivity contribution < 1.29 is 28.7 Å². The van der Waals surface area contributed by atoms with Crippen LogP contribution in [0.1, 0.15) is 38.4 Å². The molecule has 204 valence electrons. The third kappa shape index (κ3) is 6.30. The third-order valence-electron chi connectivity index (χ3n) is 6.57. The van der Waals surface area contributed by atoms with Crippen LogP contribution in [0.4, 0.5) is 0 Å². The standard InChI is InChI=1S/C27H30N6O6/c1-30-26(37)22-23(39-14-32-22)17-6-4-16(5-7-17)12-31-25(36)21-11-19(34)13-33(21)27(38)20(28)10-15-2-8-18(9-3-15)24(29)35/h2-9,14,19-21,34H,10-13,28H2,1H3,(H2,29,35)(H,30,37)(H,31,36). The predicted octanol–water partition coefficient (Wildman–Crippen LogP) is -0.0519. The Morgan fingerprint density at radius 1 is 1.10 bits per heavy atom. The third-order valence-corrected chi connectivity index (χ3v) is 6.57. The highest BCUT2D eigenvalue weighted by atomic mass is 16.3. The van der Waals surface area contributed by atoms with Crippen molar-refractivity contribution in [2.75, 3.05) is 13.6 Å². The lowest BCUT2D eigenvalue weighted by Gasteiger charge is -2.26. The minimum absolute atomic E-state index is 0.00475. The highest BCUT2D eigenvalue weighted by molar-refractivity contribution is 5.97. The van der Waals surface area contributed by atoms with Crippen LogP contribution in [0.3, 0.4) is 0 Å². The molecule has 1 aliphatic rings. The summed E-state index contributed by atoms with van der Waals surface area (Å²) < 4.78 is 5.36. The lowest BCUT2D eigenvalue weighted by atomic mass is 10.0. The van der Waals surface area contributed by atoms with Crippen LogP contribution in [0.25, 0.3) is 11.3 Å². The molecule has 7 N–H and O–H groups in total. The SMILES string of the molecule is CNC(=O)c1ncoc1-c1ccc(CNC(=O)C2CC(O)CN2C(=O)C(N)Cc2ccc(C(N)=O)cc2)cc1. The quantitative estimate of drug-likeness (QED) is 0.252. The number of nitrogens with zero attached hydrogens (tertiary/aromatic N) is 2. The van der Waals surface area contributed by atoms with Gasteiger partial charge in [0.05, 0.1) is 12.1 Å². The van der Waals surface area contributed by atoms with Crippen molar-refractivity contribution in [2.45, 2.75) is 37.6 Å². The maximum Gasteiger partial charge on any atom is 0.273 e. The van der Waals surface area contributed by atoms with Crippen LogP contribution in [-0.2, 0) is 22.6 Å². The molecule has 1 aliphatic heterocycles. The molecule has 0 spiro atoms. The number of likely N-dealkylation sites (tertiary alicyclic amines) is 1. The molecule has 39 heavy (non-hydrogen) atoms. The molecule has 2 heterocycles. The Hall–Kier alpha value is -4.55. The molecule has 0 bridgehead atoms. The number of benzene rings is 2. The molecule has 1 fully saturated rings. The maximum atomic E-state index is 13.1. The van der Waals surface area contributed by atoms with Crippen LogP contribution in [0.5, 0.6) is 0 Å². The number of carbonyl (C=O) groups is 4. The number of aromatic nitrogens is 1. The Labute approximate surface area is 224 Å². The largest absolute Gasteiger partial charge is 0.443 e. The Bertz CT molecular complexity index is 1350. The minimum Gasteiger partial charge on any atom is -0.443 e. The Balaban J connectivity index is 1.36. The van der Waals surface area contributed by atoms with Gasteiger partial charge in [0.15, 0.2) is 17.8 Å². The van der Waals surface area contributed by atoms with Crippen molar-refractivity contribution >= 4 is 23.6 Å². The number of hydrogen-bond donors (Lipinski definition) is 5. The smallest absolute Gasteiger partial charge is 0.273 e. The van der Waals surface area contributed by atoms with Gasteiger partial charge in [-0.3, -0.25) is 19.2 Å².